The largest absolute Gasteiger partial charge is 0.349 e. The van der Waals surface area contributed by atoms with Crippen LogP contribution >= 0.6 is 0 Å². The van der Waals surface area contributed by atoms with Crippen molar-refractivity contribution in [2.24, 2.45) is 17.3 Å². The fourth-order valence-corrected chi connectivity index (χ4v) is 4.17. The summed E-state index contributed by atoms with van der Waals surface area (Å²) in [5.41, 5.74) is 2.88. The van der Waals surface area contributed by atoms with Crippen molar-refractivity contribution < 1.29 is 4.79 Å². The van der Waals surface area contributed by atoms with E-state index in [2.05, 4.69) is 62.6 Å². The quantitative estimate of drug-likeness (QED) is 0.857. The molecule has 2 aliphatic rings. The molecule has 2 fully saturated rings. The minimum Gasteiger partial charge on any atom is -0.349 e. The Morgan fingerprint density at radius 1 is 1.08 bits per heavy atom. The van der Waals surface area contributed by atoms with Crippen LogP contribution in [0.1, 0.15) is 70.0 Å². The number of benzene rings is 1. The van der Waals surface area contributed by atoms with Crippen LogP contribution in [0.5, 0.6) is 0 Å². The first-order valence-corrected chi connectivity index (χ1v) is 9.54. The summed E-state index contributed by atoms with van der Waals surface area (Å²) in [5.74, 6) is 1.43. The van der Waals surface area contributed by atoms with Crippen LogP contribution in [0.25, 0.3) is 0 Å². The van der Waals surface area contributed by atoms with Gasteiger partial charge in [0, 0.05) is 5.92 Å². The second kappa shape index (κ2) is 6.87. The average molecular weight is 328 g/mol. The summed E-state index contributed by atoms with van der Waals surface area (Å²) in [6.45, 7) is 10.9. The van der Waals surface area contributed by atoms with E-state index in [-0.39, 0.29) is 17.9 Å². The van der Waals surface area contributed by atoms with Crippen molar-refractivity contribution in [1.29, 1.82) is 0 Å². The standard InChI is InChI=1S/C21H32N2O/c1-14(2)16-5-7-17(8-6-16)19(15(3)4)23-20(24)18-13-21(18)9-11-22-12-10-21/h5-8,14-15,18-19,22H,9-13H2,1-4H3,(H,23,24). The number of hydrogen-bond donors (Lipinski definition) is 2. The normalized spacial score (nSPS) is 23.5. The fraction of sp³-hybridized carbons (Fsp3) is 0.667. The van der Waals surface area contributed by atoms with Gasteiger partial charge in [0.2, 0.25) is 5.91 Å². The Labute approximate surface area is 146 Å². The van der Waals surface area contributed by atoms with E-state index in [9.17, 15) is 4.79 Å². The van der Waals surface area contributed by atoms with Gasteiger partial charge in [0.1, 0.15) is 0 Å². The summed E-state index contributed by atoms with van der Waals surface area (Å²) in [5, 5.41) is 6.76. The highest BCUT2D eigenvalue weighted by molar-refractivity contribution is 5.83. The van der Waals surface area contributed by atoms with Crippen molar-refractivity contribution in [2.75, 3.05) is 13.1 Å². The van der Waals surface area contributed by atoms with E-state index in [1.54, 1.807) is 0 Å². The molecule has 132 valence electrons. The molecule has 24 heavy (non-hydrogen) atoms. The first-order valence-electron chi connectivity index (χ1n) is 9.54. The van der Waals surface area contributed by atoms with E-state index in [1.807, 2.05) is 0 Å². The van der Waals surface area contributed by atoms with Gasteiger partial charge in [-0.15, -0.1) is 0 Å². The Morgan fingerprint density at radius 2 is 1.67 bits per heavy atom. The minimum absolute atomic E-state index is 0.109. The summed E-state index contributed by atoms with van der Waals surface area (Å²) >= 11 is 0. The van der Waals surface area contributed by atoms with Crippen LogP contribution in [0.3, 0.4) is 0 Å². The number of carbonyl (C=O) groups is 1. The van der Waals surface area contributed by atoms with Crippen molar-refractivity contribution in [3.8, 4) is 0 Å². The van der Waals surface area contributed by atoms with E-state index in [4.69, 9.17) is 0 Å². The third kappa shape index (κ3) is 3.51. The van der Waals surface area contributed by atoms with Gasteiger partial charge in [0.15, 0.2) is 0 Å². The molecule has 1 spiro atoms. The van der Waals surface area contributed by atoms with Crippen LogP contribution in [0.15, 0.2) is 24.3 Å². The molecule has 0 radical (unpaired) electrons. The van der Waals surface area contributed by atoms with E-state index >= 15 is 0 Å². The molecule has 1 aliphatic carbocycles. The molecule has 0 bridgehead atoms. The molecule has 1 aromatic carbocycles. The van der Waals surface area contributed by atoms with Crippen molar-refractivity contribution in [2.45, 2.75) is 58.9 Å². The van der Waals surface area contributed by atoms with Gasteiger partial charge in [-0.3, -0.25) is 4.79 Å². The SMILES string of the molecule is CC(C)c1ccc(C(NC(=O)C2CC23CCNCC3)C(C)C)cc1. The summed E-state index contributed by atoms with van der Waals surface area (Å²) in [6, 6.07) is 8.89. The first-order chi connectivity index (χ1) is 11.4. The lowest BCUT2D eigenvalue weighted by Crippen LogP contribution is -2.36. The number of piperidine rings is 1. The second-order valence-corrected chi connectivity index (χ2v) is 8.42. The molecule has 2 N–H and O–H groups in total. The lowest BCUT2D eigenvalue weighted by molar-refractivity contribution is -0.124. The molecule has 3 nitrogen and oxygen atoms in total. The van der Waals surface area contributed by atoms with Gasteiger partial charge in [-0.1, -0.05) is 52.0 Å². The van der Waals surface area contributed by atoms with Crippen LogP contribution in [-0.4, -0.2) is 19.0 Å². The number of hydrogen-bond acceptors (Lipinski definition) is 2. The summed E-state index contributed by atoms with van der Waals surface area (Å²) in [4.78, 5) is 12.8. The monoisotopic (exact) mass is 328 g/mol. The number of amides is 1. The molecule has 2 unspecified atom stereocenters. The molecular formula is C21H32N2O. The highest BCUT2D eigenvalue weighted by Gasteiger charge is 2.57. The van der Waals surface area contributed by atoms with Gasteiger partial charge in [-0.2, -0.15) is 0 Å². The lowest BCUT2D eigenvalue weighted by Gasteiger charge is -2.26. The molecule has 1 aromatic rings. The zero-order valence-corrected chi connectivity index (χ0v) is 15.6. The molecule has 2 atom stereocenters. The lowest BCUT2D eigenvalue weighted by atomic mass is 9.90. The smallest absolute Gasteiger partial charge is 0.224 e. The van der Waals surface area contributed by atoms with Crippen molar-refractivity contribution in [3.05, 3.63) is 35.4 Å². The minimum atomic E-state index is 0.109. The average Bonchev–Trinajstić information content (AvgIpc) is 3.26. The predicted molar refractivity (Wildman–Crippen MR) is 98.9 cm³/mol. The van der Waals surface area contributed by atoms with Crippen LogP contribution in [-0.2, 0) is 4.79 Å². The number of nitrogens with one attached hydrogen (secondary N) is 2. The molecule has 1 aliphatic heterocycles. The molecule has 1 saturated carbocycles. The highest BCUT2D eigenvalue weighted by Crippen LogP contribution is 2.58. The fourth-order valence-electron chi connectivity index (χ4n) is 4.17. The topological polar surface area (TPSA) is 41.1 Å². The number of rotatable bonds is 5. The molecule has 1 amide bonds. The third-order valence-corrected chi connectivity index (χ3v) is 6.03. The summed E-state index contributed by atoms with van der Waals surface area (Å²) in [7, 11) is 0. The molecule has 1 heterocycles. The maximum absolute atomic E-state index is 12.8. The number of carbonyl (C=O) groups excluding carboxylic acids is 1. The Balaban J connectivity index is 1.67. The van der Waals surface area contributed by atoms with Gasteiger partial charge in [0.25, 0.3) is 0 Å². The van der Waals surface area contributed by atoms with Crippen LogP contribution in [0.4, 0.5) is 0 Å². The predicted octanol–water partition coefficient (Wildman–Crippen LogP) is 4.01. The highest BCUT2D eigenvalue weighted by atomic mass is 16.2. The van der Waals surface area contributed by atoms with Crippen molar-refractivity contribution in [3.63, 3.8) is 0 Å². The van der Waals surface area contributed by atoms with Gasteiger partial charge >= 0.3 is 0 Å². The summed E-state index contributed by atoms with van der Waals surface area (Å²) < 4.78 is 0. The van der Waals surface area contributed by atoms with E-state index < -0.39 is 0 Å². The van der Waals surface area contributed by atoms with Gasteiger partial charge in [-0.05, 0) is 60.7 Å². The molecule has 3 heteroatoms. The van der Waals surface area contributed by atoms with Crippen molar-refractivity contribution in [1.82, 2.24) is 10.6 Å². The van der Waals surface area contributed by atoms with Crippen LogP contribution in [0.2, 0.25) is 0 Å². The molecule has 3 rings (SSSR count). The van der Waals surface area contributed by atoms with Gasteiger partial charge < -0.3 is 10.6 Å². The van der Waals surface area contributed by atoms with Gasteiger partial charge in [-0.25, -0.2) is 0 Å². The third-order valence-electron chi connectivity index (χ3n) is 6.03. The van der Waals surface area contributed by atoms with E-state index in [0.29, 0.717) is 17.3 Å². The van der Waals surface area contributed by atoms with Crippen molar-refractivity contribution >= 4 is 5.91 Å². The maximum atomic E-state index is 12.8. The second-order valence-electron chi connectivity index (χ2n) is 8.42. The van der Waals surface area contributed by atoms with E-state index in [1.165, 1.54) is 11.1 Å². The molecular weight excluding hydrogens is 296 g/mol. The Bertz CT molecular complexity index is 570. The molecule has 0 aromatic heterocycles. The zero-order valence-electron chi connectivity index (χ0n) is 15.6. The van der Waals surface area contributed by atoms with Crippen LogP contribution < -0.4 is 10.6 Å². The Kier molecular flexibility index (Phi) is 5.00. The zero-order chi connectivity index (χ0) is 17.3. The van der Waals surface area contributed by atoms with Crippen LogP contribution in [0, 0.1) is 17.3 Å². The maximum Gasteiger partial charge on any atom is 0.224 e. The Morgan fingerprint density at radius 3 is 2.21 bits per heavy atom. The Hall–Kier alpha value is -1.35. The first kappa shape index (κ1) is 17.5. The summed E-state index contributed by atoms with van der Waals surface area (Å²) in [6.07, 6.45) is 3.39. The van der Waals surface area contributed by atoms with Gasteiger partial charge in [0.05, 0.1) is 6.04 Å². The molecule has 1 saturated heterocycles. The van der Waals surface area contributed by atoms with E-state index in [0.717, 1.165) is 32.4 Å².